The lowest BCUT2D eigenvalue weighted by atomic mass is 10.1. The third kappa shape index (κ3) is 5.04. The van der Waals surface area contributed by atoms with Gasteiger partial charge in [-0.2, -0.15) is 0 Å². The summed E-state index contributed by atoms with van der Waals surface area (Å²) < 4.78 is 22.1. The number of nitrogens with two attached hydrogens (primary N) is 1. The first-order valence-corrected chi connectivity index (χ1v) is 8.54. The van der Waals surface area contributed by atoms with E-state index in [4.69, 9.17) is 16.7 Å². The highest BCUT2D eigenvalue weighted by atomic mass is 35.5. The monoisotopic (exact) mass is 324 g/mol. The fraction of sp³-hybridized carbons (Fsp3) is 0.200. The van der Waals surface area contributed by atoms with E-state index < -0.39 is 10.0 Å². The van der Waals surface area contributed by atoms with Crippen LogP contribution in [-0.4, -0.2) is 8.42 Å². The molecule has 0 aliphatic heterocycles. The lowest BCUT2D eigenvalue weighted by molar-refractivity contribution is 0.597. The molecule has 1 atom stereocenters. The van der Waals surface area contributed by atoms with Gasteiger partial charge in [0.25, 0.3) is 0 Å². The third-order valence-electron chi connectivity index (χ3n) is 3.05. The quantitative estimate of drug-likeness (QED) is 0.886. The number of nitrogens with one attached hydrogen (secondary N) is 1. The summed E-state index contributed by atoms with van der Waals surface area (Å²) in [6, 6.07) is 14.9. The zero-order chi connectivity index (χ0) is 15.5. The zero-order valence-corrected chi connectivity index (χ0v) is 13.2. The first-order chi connectivity index (χ1) is 9.83. The van der Waals surface area contributed by atoms with E-state index in [1.54, 1.807) is 12.1 Å². The van der Waals surface area contributed by atoms with Gasteiger partial charge in [0.05, 0.1) is 5.75 Å². The number of primary sulfonamides is 1. The summed E-state index contributed by atoms with van der Waals surface area (Å²) in [5.41, 5.74) is 2.65. The normalized spacial score (nSPS) is 12.9. The van der Waals surface area contributed by atoms with Gasteiger partial charge in [0, 0.05) is 16.8 Å². The summed E-state index contributed by atoms with van der Waals surface area (Å²) in [5, 5.41) is 9.06. The van der Waals surface area contributed by atoms with Crippen LogP contribution in [0.25, 0.3) is 0 Å². The maximum atomic E-state index is 11.0. The van der Waals surface area contributed by atoms with E-state index in [9.17, 15) is 8.42 Å². The molecule has 2 aromatic rings. The van der Waals surface area contributed by atoms with Gasteiger partial charge in [-0.25, -0.2) is 13.6 Å². The van der Waals surface area contributed by atoms with E-state index >= 15 is 0 Å². The van der Waals surface area contributed by atoms with E-state index in [1.807, 2.05) is 43.3 Å². The van der Waals surface area contributed by atoms with Crippen LogP contribution in [0.15, 0.2) is 48.5 Å². The molecule has 21 heavy (non-hydrogen) atoms. The average Bonchev–Trinajstić information content (AvgIpc) is 2.39. The Balaban J connectivity index is 2.06. The molecule has 0 saturated carbocycles. The predicted octanol–water partition coefficient (Wildman–Crippen LogP) is 3.30. The van der Waals surface area contributed by atoms with Gasteiger partial charge in [-0.05, 0) is 42.3 Å². The molecule has 0 heterocycles. The molecule has 6 heteroatoms. The van der Waals surface area contributed by atoms with E-state index in [0.29, 0.717) is 10.6 Å². The van der Waals surface area contributed by atoms with Crippen molar-refractivity contribution in [2.24, 2.45) is 5.14 Å². The highest BCUT2D eigenvalue weighted by Gasteiger charge is 2.07. The molecular formula is C15H17ClN2O2S. The van der Waals surface area contributed by atoms with Crippen molar-refractivity contribution in [1.29, 1.82) is 0 Å². The van der Waals surface area contributed by atoms with Gasteiger partial charge in [-0.1, -0.05) is 35.9 Å². The van der Waals surface area contributed by atoms with Crippen LogP contribution < -0.4 is 10.5 Å². The first kappa shape index (κ1) is 15.8. The second-order valence-electron chi connectivity index (χ2n) is 4.93. The minimum atomic E-state index is -3.50. The van der Waals surface area contributed by atoms with Crippen LogP contribution in [-0.2, 0) is 15.8 Å². The summed E-state index contributed by atoms with van der Waals surface area (Å²) in [5.74, 6) is -0.156. The number of sulfonamides is 1. The van der Waals surface area contributed by atoms with Crippen LogP contribution in [0, 0.1) is 0 Å². The molecule has 1 unspecified atom stereocenters. The van der Waals surface area contributed by atoms with Crippen molar-refractivity contribution in [1.82, 2.24) is 0 Å². The van der Waals surface area contributed by atoms with E-state index in [0.717, 1.165) is 11.3 Å². The average molecular weight is 325 g/mol. The minimum absolute atomic E-state index is 0.0905. The van der Waals surface area contributed by atoms with Crippen molar-refractivity contribution in [3.05, 3.63) is 64.7 Å². The van der Waals surface area contributed by atoms with Crippen LogP contribution in [0.1, 0.15) is 24.1 Å². The molecule has 3 N–H and O–H groups in total. The summed E-state index contributed by atoms with van der Waals surface area (Å²) in [6.07, 6.45) is 0. The molecule has 0 aliphatic rings. The largest absolute Gasteiger partial charge is 0.379 e. The number of rotatable bonds is 5. The molecule has 0 radical (unpaired) electrons. The SMILES string of the molecule is CC(Nc1ccc(CS(N)(=O)=O)cc1)c1cccc(Cl)c1. The Morgan fingerprint density at radius 2 is 1.86 bits per heavy atom. The summed E-state index contributed by atoms with van der Waals surface area (Å²) in [4.78, 5) is 0. The van der Waals surface area contributed by atoms with Gasteiger partial charge in [-0.3, -0.25) is 0 Å². The molecule has 0 spiro atoms. The Hall–Kier alpha value is -1.56. The second-order valence-corrected chi connectivity index (χ2v) is 6.98. The minimum Gasteiger partial charge on any atom is -0.379 e. The Bertz CT molecular complexity index is 715. The van der Waals surface area contributed by atoms with Gasteiger partial charge in [-0.15, -0.1) is 0 Å². The smallest absolute Gasteiger partial charge is 0.213 e. The van der Waals surface area contributed by atoms with E-state index in [2.05, 4.69) is 5.32 Å². The maximum absolute atomic E-state index is 11.0. The Kier molecular flexibility index (Phi) is 4.88. The number of halogens is 1. The zero-order valence-electron chi connectivity index (χ0n) is 11.6. The summed E-state index contributed by atoms with van der Waals surface area (Å²) in [6.45, 7) is 2.03. The lowest BCUT2D eigenvalue weighted by Crippen LogP contribution is -2.14. The summed E-state index contributed by atoms with van der Waals surface area (Å²) in [7, 11) is -3.50. The van der Waals surface area contributed by atoms with Crippen LogP contribution in [0.3, 0.4) is 0 Å². The van der Waals surface area contributed by atoms with Gasteiger partial charge in [0.1, 0.15) is 0 Å². The van der Waals surface area contributed by atoms with Crippen molar-refractivity contribution in [2.45, 2.75) is 18.7 Å². The van der Waals surface area contributed by atoms with Gasteiger partial charge >= 0.3 is 0 Å². The van der Waals surface area contributed by atoms with Crippen molar-refractivity contribution in [2.75, 3.05) is 5.32 Å². The molecule has 0 fully saturated rings. The van der Waals surface area contributed by atoms with E-state index in [-0.39, 0.29) is 11.8 Å². The molecule has 0 aliphatic carbocycles. The van der Waals surface area contributed by atoms with Gasteiger partial charge < -0.3 is 5.32 Å². The van der Waals surface area contributed by atoms with Gasteiger partial charge in [0.15, 0.2) is 0 Å². The molecular weight excluding hydrogens is 308 g/mol. The maximum Gasteiger partial charge on any atom is 0.213 e. The summed E-state index contributed by atoms with van der Waals surface area (Å²) >= 11 is 5.98. The molecule has 2 aromatic carbocycles. The predicted molar refractivity (Wildman–Crippen MR) is 86.7 cm³/mol. The van der Waals surface area contributed by atoms with Crippen molar-refractivity contribution in [3.63, 3.8) is 0 Å². The molecule has 2 rings (SSSR count). The molecule has 0 aromatic heterocycles. The van der Waals surface area contributed by atoms with Crippen LogP contribution in [0.2, 0.25) is 5.02 Å². The molecule has 112 valence electrons. The standard InChI is InChI=1S/C15H17ClN2O2S/c1-11(13-3-2-4-14(16)9-13)18-15-7-5-12(6-8-15)10-21(17,19)20/h2-9,11,18H,10H2,1H3,(H2,17,19,20). The first-order valence-electron chi connectivity index (χ1n) is 6.45. The highest BCUT2D eigenvalue weighted by molar-refractivity contribution is 7.88. The fourth-order valence-electron chi connectivity index (χ4n) is 2.04. The molecule has 0 amide bonds. The van der Waals surface area contributed by atoms with Crippen LogP contribution >= 0.6 is 11.6 Å². The van der Waals surface area contributed by atoms with Crippen molar-refractivity contribution >= 4 is 27.3 Å². The molecule has 4 nitrogen and oxygen atoms in total. The fourth-order valence-corrected chi connectivity index (χ4v) is 2.89. The van der Waals surface area contributed by atoms with Gasteiger partial charge in [0.2, 0.25) is 10.0 Å². The number of anilines is 1. The lowest BCUT2D eigenvalue weighted by Gasteiger charge is -2.16. The second kappa shape index (κ2) is 6.47. The van der Waals surface area contributed by atoms with E-state index in [1.165, 1.54) is 0 Å². The number of hydrogen-bond donors (Lipinski definition) is 2. The van der Waals surface area contributed by atoms with Crippen molar-refractivity contribution < 1.29 is 8.42 Å². The van der Waals surface area contributed by atoms with Crippen molar-refractivity contribution in [3.8, 4) is 0 Å². The van der Waals surface area contributed by atoms with Crippen LogP contribution in [0.5, 0.6) is 0 Å². The number of hydrogen-bond acceptors (Lipinski definition) is 3. The highest BCUT2D eigenvalue weighted by Crippen LogP contribution is 2.22. The molecule has 0 bridgehead atoms. The molecule has 0 saturated heterocycles. The van der Waals surface area contributed by atoms with Crippen LogP contribution in [0.4, 0.5) is 5.69 Å². The topological polar surface area (TPSA) is 72.2 Å². The Labute approximate surface area is 130 Å². The Morgan fingerprint density at radius 3 is 2.43 bits per heavy atom. The Morgan fingerprint density at radius 1 is 1.19 bits per heavy atom. The number of benzene rings is 2. The third-order valence-corrected chi connectivity index (χ3v) is 4.02.